The summed E-state index contributed by atoms with van der Waals surface area (Å²) in [6.07, 6.45) is 7.81. The summed E-state index contributed by atoms with van der Waals surface area (Å²) in [7, 11) is 4.15. The number of methoxy groups -OCH3 is 1. The van der Waals surface area contributed by atoms with E-state index in [1.807, 2.05) is 0 Å². The van der Waals surface area contributed by atoms with Crippen molar-refractivity contribution in [2.24, 2.45) is 5.41 Å². The molecule has 0 aromatic heterocycles. The summed E-state index contributed by atoms with van der Waals surface area (Å²) in [6.45, 7) is 3.34. The fourth-order valence-corrected chi connectivity index (χ4v) is 6.17. The van der Waals surface area contributed by atoms with Crippen LogP contribution in [-0.2, 0) is 12.8 Å². The Kier molecular flexibility index (Phi) is 4.09. The van der Waals surface area contributed by atoms with Crippen LogP contribution in [0.15, 0.2) is 36.4 Å². The summed E-state index contributed by atoms with van der Waals surface area (Å²) in [6, 6.07) is 14.5. The van der Waals surface area contributed by atoms with Crippen molar-refractivity contribution in [2.45, 2.75) is 57.4 Å². The van der Waals surface area contributed by atoms with E-state index >= 15 is 0 Å². The number of rotatable bonds is 3. The summed E-state index contributed by atoms with van der Waals surface area (Å²) in [5.74, 6) is 1.75. The van der Waals surface area contributed by atoms with Gasteiger partial charge in [-0.2, -0.15) is 0 Å². The zero-order chi connectivity index (χ0) is 18.6. The lowest BCUT2D eigenvalue weighted by Gasteiger charge is -2.45. The first-order valence-corrected chi connectivity index (χ1v) is 10.6. The third kappa shape index (κ3) is 2.64. The fourth-order valence-electron chi connectivity index (χ4n) is 6.17. The topological polar surface area (TPSA) is 12.5 Å². The van der Waals surface area contributed by atoms with E-state index in [1.54, 1.807) is 23.8 Å². The Balaban J connectivity index is 1.61. The monoisotopic (exact) mass is 361 g/mol. The van der Waals surface area contributed by atoms with Crippen molar-refractivity contribution in [1.82, 2.24) is 4.90 Å². The van der Waals surface area contributed by atoms with Gasteiger partial charge < -0.3 is 4.74 Å². The summed E-state index contributed by atoms with van der Waals surface area (Å²) >= 11 is 0. The van der Waals surface area contributed by atoms with E-state index in [2.05, 4.69) is 55.3 Å². The molecule has 1 fully saturated rings. The first kappa shape index (κ1) is 17.3. The number of likely N-dealkylation sites (N-methyl/N-ethyl adjacent to an activating group) is 1. The molecule has 2 unspecified atom stereocenters. The highest BCUT2D eigenvalue weighted by Crippen LogP contribution is 2.67. The molecule has 5 rings (SSSR count). The van der Waals surface area contributed by atoms with Crippen molar-refractivity contribution in [3.05, 3.63) is 64.2 Å². The quantitative estimate of drug-likeness (QED) is 0.722. The summed E-state index contributed by atoms with van der Waals surface area (Å²) in [5, 5.41) is 0. The lowest BCUT2D eigenvalue weighted by molar-refractivity contribution is 0.121. The first-order chi connectivity index (χ1) is 13.1. The standard InChI is InChI=1S/C25H31NO/c1-17-15-19-11-14-26(2)24(21(19)16-23(17)27-3)25(12-13-25)22-10-6-8-18-7-4-5-9-20(18)22/h4-5,7,9,15-16,22,24H,6,8,10-14H2,1-3H3. The molecule has 0 spiro atoms. The molecule has 0 saturated heterocycles. The van der Waals surface area contributed by atoms with Crippen molar-refractivity contribution >= 4 is 0 Å². The highest BCUT2D eigenvalue weighted by Gasteiger charge is 2.58. The van der Waals surface area contributed by atoms with Gasteiger partial charge in [-0.15, -0.1) is 0 Å². The molecule has 2 aromatic carbocycles. The zero-order valence-corrected chi connectivity index (χ0v) is 16.9. The van der Waals surface area contributed by atoms with E-state index in [-0.39, 0.29) is 0 Å². The van der Waals surface area contributed by atoms with Crippen LogP contribution in [-0.4, -0.2) is 25.6 Å². The minimum Gasteiger partial charge on any atom is -0.496 e. The maximum atomic E-state index is 5.71. The van der Waals surface area contributed by atoms with Crippen LogP contribution in [0.2, 0.25) is 0 Å². The second-order valence-corrected chi connectivity index (χ2v) is 9.03. The molecule has 2 aliphatic carbocycles. The van der Waals surface area contributed by atoms with E-state index in [4.69, 9.17) is 4.74 Å². The predicted octanol–water partition coefficient (Wildman–Crippen LogP) is 5.43. The zero-order valence-electron chi connectivity index (χ0n) is 16.9. The third-order valence-electron chi connectivity index (χ3n) is 7.56. The number of fused-ring (bicyclic) bond motifs is 2. The Bertz CT molecular complexity index is 867. The Morgan fingerprint density at radius 3 is 2.63 bits per heavy atom. The van der Waals surface area contributed by atoms with Gasteiger partial charge in [-0.1, -0.05) is 30.3 Å². The van der Waals surface area contributed by atoms with Gasteiger partial charge in [0, 0.05) is 12.6 Å². The van der Waals surface area contributed by atoms with Crippen LogP contribution < -0.4 is 4.74 Å². The maximum absolute atomic E-state index is 5.71. The van der Waals surface area contributed by atoms with Crippen LogP contribution in [0.5, 0.6) is 5.75 Å². The predicted molar refractivity (Wildman–Crippen MR) is 111 cm³/mol. The van der Waals surface area contributed by atoms with Crippen LogP contribution in [0.1, 0.15) is 65.5 Å². The van der Waals surface area contributed by atoms with Crippen molar-refractivity contribution in [2.75, 3.05) is 20.7 Å². The maximum Gasteiger partial charge on any atom is 0.122 e. The molecule has 27 heavy (non-hydrogen) atoms. The van der Waals surface area contributed by atoms with Gasteiger partial charge in [0.2, 0.25) is 0 Å². The molecule has 2 aromatic rings. The van der Waals surface area contributed by atoms with Crippen LogP contribution >= 0.6 is 0 Å². The number of nitrogens with zero attached hydrogens (tertiary/aromatic N) is 1. The highest BCUT2D eigenvalue weighted by atomic mass is 16.5. The number of benzene rings is 2. The normalized spacial score (nSPS) is 26.2. The highest BCUT2D eigenvalue weighted by molar-refractivity contribution is 5.47. The van der Waals surface area contributed by atoms with Crippen molar-refractivity contribution in [3.8, 4) is 5.75 Å². The van der Waals surface area contributed by atoms with Crippen molar-refractivity contribution in [1.29, 1.82) is 0 Å². The Morgan fingerprint density at radius 1 is 1.04 bits per heavy atom. The molecule has 1 heterocycles. The number of hydrogen-bond donors (Lipinski definition) is 0. The van der Waals surface area contributed by atoms with Crippen molar-refractivity contribution in [3.63, 3.8) is 0 Å². The van der Waals surface area contributed by atoms with Gasteiger partial charge in [-0.25, -0.2) is 0 Å². The van der Waals surface area contributed by atoms with Crippen LogP contribution in [0, 0.1) is 12.3 Å². The van der Waals surface area contributed by atoms with Gasteiger partial charge in [0.05, 0.1) is 7.11 Å². The van der Waals surface area contributed by atoms with Gasteiger partial charge in [0.25, 0.3) is 0 Å². The molecule has 2 atom stereocenters. The fraction of sp³-hybridized carbons (Fsp3) is 0.520. The molecular formula is C25H31NO. The van der Waals surface area contributed by atoms with E-state index in [1.165, 1.54) is 49.8 Å². The molecule has 2 nitrogen and oxygen atoms in total. The molecule has 0 amide bonds. The van der Waals surface area contributed by atoms with Crippen LogP contribution in [0.3, 0.4) is 0 Å². The molecular weight excluding hydrogens is 330 g/mol. The SMILES string of the molecule is COc1cc2c(cc1C)CCN(C)C2C1(C2CCCc3ccccc32)CC1. The summed E-state index contributed by atoms with van der Waals surface area (Å²) < 4.78 is 5.71. The molecule has 1 aliphatic heterocycles. The largest absolute Gasteiger partial charge is 0.496 e. The smallest absolute Gasteiger partial charge is 0.122 e. The molecule has 2 heteroatoms. The molecule has 0 N–H and O–H groups in total. The number of hydrogen-bond acceptors (Lipinski definition) is 2. The lowest BCUT2D eigenvalue weighted by atomic mass is 9.68. The Morgan fingerprint density at radius 2 is 1.85 bits per heavy atom. The lowest BCUT2D eigenvalue weighted by Crippen LogP contribution is -2.40. The van der Waals surface area contributed by atoms with Crippen LogP contribution in [0.25, 0.3) is 0 Å². The minimum absolute atomic E-state index is 0.403. The number of aryl methyl sites for hydroxylation is 2. The van der Waals surface area contributed by atoms with Crippen LogP contribution in [0.4, 0.5) is 0 Å². The molecule has 0 radical (unpaired) electrons. The van der Waals surface area contributed by atoms with Gasteiger partial charge in [-0.3, -0.25) is 4.90 Å². The summed E-state index contributed by atoms with van der Waals surface area (Å²) in [4.78, 5) is 2.64. The van der Waals surface area contributed by atoms with Gasteiger partial charge >= 0.3 is 0 Å². The Hall–Kier alpha value is -1.80. The molecule has 0 bridgehead atoms. The van der Waals surface area contributed by atoms with E-state index in [0.29, 0.717) is 17.4 Å². The Labute approximate surface area is 163 Å². The van der Waals surface area contributed by atoms with E-state index in [9.17, 15) is 0 Å². The second kappa shape index (κ2) is 6.38. The molecule has 1 saturated carbocycles. The number of ether oxygens (including phenoxy) is 1. The average molecular weight is 362 g/mol. The van der Waals surface area contributed by atoms with E-state index in [0.717, 1.165) is 12.2 Å². The molecule has 142 valence electrons. The second-order valence-electron chi connectivity index (χ2n) is 9.03. The molecule has 3 aliphatic rings. The summed E-state index contributed by atoms with van der Waals surface area (Å²) in [5.41, 5.74) is 7.99. The van der Waals surface area contributed by atoms with Crippen molar-refractivity contribution < 1.29 is 4.74 Å². The van der Waals surface area contributed by atoms with Gasteiger partial charge in [0.15, 0.2) is 0 Å². The minimum atomic E-state index is 0.403. The average Bonchev–Trinajstić information content (AvgIpc) is 3.48. The third-order valence-corrected chi connectivity index (χ3v) is 7.56. The van der Waals surface area contributed by atoms with Gasteiger partial charge in [0.1, 0.15) is 5.75 Å². The van der Waals surface area contributed by atoms with Gasteiger partial charge in [-0.05, 0) is 97.7 Å². The van der Waals surface area contributed by atoms with E-state index < -0.39 is 0 Å². The first-order valence-electron chi connectivity index (χ1n) is 10.6.